The van der Waals surface area contributed by atoms with E-state index < -0.39 is 0 Å². The number of anilines is 1. The van der Waals surface area contributed by atoms with Crippen molar-refractivity contribution in [2.24, 2.45) is 10.4 Å². The second-order valence-electron chi connectivity index (χ2n) is 2.04. The average molecular weight is 186 g/mol. The minimum absolute atomic E-state index is 0.0313. The van der Waals surface area contributed by atoms with Gasteiger partial charge in [-0.3, -0.25) is 0 Å². The van der Waals surface area contributed by atoms with E-state index in [0.29, 0.717) is 0 Å². The van der Waals surface area contributed by atoms with Gasteiger partial charge in [0.05, 0.1) is 10.7 Å². The predicted octanol–water partition coefficient (Wildman–Crippen LogP) is 2.72. The Morgan fingerprint density at radius 2 is 1.92 bits per heavy atom. The van der Waals surface area contributed by atoms with E-state index >= 15 is 0 Å². The van der Waals surface area contributed by atoms with Crippen LogP contribution in [-0.4, -0.2) is 0 Å². The lowest BCUT2D eigenvalue weighted by molar-refractivity contribution is 1.44. The monoisotopic (exact) mass is 185 g/mol. The summed E-state index contributed by atoms with van der Waals surface area (Å²) in [5, 5.41) is 5.27. The molecule has 12 heavy (non-hydrogen) atoms. The van der Waals surface area contributed by atoms with Crippen LogP contribution in [0.25, 0.3) is 0 Å². The number of nitrogens with zero attached hydrogens (tertiary/aromatic N) is 2. The van der Waals surface area contributed by atoms with E-state index in [1.807, 2.05) is 0 Å². The number of halogens is 1. The second-order valence-corrected chi connectivity index (χ2v) is 2.45. The van der Waals surface area contributed by atoms with Crippen LogP contribution < -0.4 is 5.73 Å². The summed E-state index contributed by atoms with van der Waals surface area (Å²) >= 11 is 5.55. The molecule has 0 amide bonds. The van der Waals surface area contributed by atoms with Crippen LogP contribution in [0.4, 0.5) is 17.1 Å². The number of rotatable bonds is 2. The third kappa shape index (κ3) is 1.40. The lowest BCUT2D eigenvalue weighted by atomic mass is 10.2. The molecule has 0 atom stereocenters. The summed E-state index contributed by atoms with van der Waals surface area (Å²) in [5.41, 5.74) is 5.36. The van der Waals surface area contributed by atoms with Gasteiger partial charge >= 0.3 is 0 Å². The molecule has 2 N–H and O–H groups in total. The van der Waals surface area contributed by atoms with Crippen LogP contribution in [0.2, 0.25) is 5.02 Å². The number of hydrogen-bond acceptors (Lipinski definition) is 5. The van der Waals surface area contributed by atoms with E-state index in [9.17, 15) is 9.81 Å². The van der Waals surface area contributed by atoms with Gasteiger partial charge in [0.25, 0.3) is 0 Å². The maximum absolute atomic E-state index is 10.1. The van der Waals surface area contributed by atoms with Gasteiger partial charge in [-0.05, 0) is 22.5 Å². The topological polar surface area (TPSA) is 84.9 Å². The molecular weight excluding hydrogens is 182 g/mol. The third-order valence-electron chi connectivity index (χ3n) is 1.30. The highest BCUT2D eigenvalue weighted by atomic mass is 35.5. The molecule has 0 aromatic heterocycles. The molecule has 0 heterocycles. The molecule has 1 aromatic carbocycles. The lowest BCUT2D eigenvalue weighted by Gasteiger charge is -1.99. The third-order valence-corrected chi connectivity index (χ3v) is 1.61. The van der Waals surface area contributed by atoms with Crippen LogP contribution in [0.5, 0.6) is 0 Å². The van der Waals surface area contributed by atoms with Gasteiger partial charge in [0.2, 0.25) is 0 Å². The van der Waals surface area contributed by atoms with Crippen molar-refractivity contribution in [2.45, 2.75) is 0 Å². The zero-order chi connectivity index (χ0) is 9.14. The van der Waals surface area contributed by atoms with Crippen molar-refractivity contribution >= 4 is 28.7 Å². The zero-order valence-corrected chi connectivity index (χ0v) is 6.58. The van der Waals surface area contributed by atoms with E-state index in [0.717, 1.165) is 0 Å². The Labute approximate surface area is 72.5 Å². The molecule has 5 nitrogen and oxygen atoms in total. The average Bonchev–Trinajstić information content (AvgIpc) is 2.09. The van der Waals surface area contributed by atoms with Crippen LogP contribution in [0.1, 0.15) is 0 Å². The summed E-state index contributed by atoms with van der Waals surface area (Å²) in [4.78, 5) is 20.2. The highest BCUT2D eigenvalue weighted by Crippen LogP contribution is 2.34. The van der Waals surface area contributed by atoms with Crippen LogP contribution in [0.15, 0.2) is 22.5 Å². The molecule has 0 unspecified atom stereocenters. The number of nitrogen functional groups attached to an aromatic ring is 1. The van der Waals surface area contributed by atoms with Gasteiger partial charge in [-0.15, -0.1) is 9.81 Å². The number of nitroso groups, excluding NO2 is 2. The molecule has 0 aliphatic carbocycles. The molecule has 0 spiro atoms. The molecule has 62 valence electrons. The van der Waals surface area contributed by atoms with Gasteiger partial charge in [0.15, 0.2) is 0 Å². The molecule has 0 radical (unpaired) electrons. The highest BCUT2D eigenvalue weighted by molar-refractivity contribution is 6.34. The fraction of sp³-hybridized carbons (Fsp3) is 0. The SMILES string of the molecule is Nc1c(Cl)cc(N=O)cc1N=O. The first-order chi connectivity index (χ1) is 5.69. The van der Waals surface area contributed by atoms with Crippen molar-refractivity contribution < 1.29 is 0 Å². The van der Waals surface area contributed by atoms with Crippen molar-refractivity contribution in [3.8, 4) is 0 Å². The quantitative estimate of drug-likeness (QED) is 0.568. The van der Waals surface area contributed by atoms with Crippen LogP contribution in [-0.2, 0) is 0 Å². The Morgan fingerprint density at radius 3 is 2.42 bits per heavy atom. The Hall–Kier alpha value is -1.49. The van der Waals surface area contributed by atoms with Gasteiger partial charge in [-0.2, -0.15) is 0 Å². The number of nitrogens with two attached hydrogens (primary N) is 1. The number of benzene rings is 1. The van der Waals surface area contributed by atoms with E-state index in [1.165, 1.54) is 12.1 Å². The normalized spacial score (nSPS) is 9.42. The van der Waals surface area contributed by atoms with Gasteiger partial charge in [0.1, 0.15) is 11.4 Å². The fourth-order valence-corrected chi connectivity index (χ4v) is 0.926. The second kappa shape index (κ2) is 3.27. The van der Waals surface area contributed by atoms with Crippen molar-refractivity contribution in [3.63, 3.8) is 0 Å². The first-order valence-corrected chi connectivity index (χ1v) is 3.32. The zero-order valence-electron chi connectivity index (χ0n) is 5.82. The maximum atomic E-state index is 10.1. The Morgan fingerprint density at radius 1 is 1.25 bits per heavy atom. The minimum Gasteiger partial charge on any atom is -0.396 e. The molecule has 1 aromatic rings. The first-order valence-electron chi connectivity index (χ1n) is 2.94. The van der Waals surface area contributed by atoms with Crippen LogP contribution in [0.3, 0.4) is 0 Å². The number of hydrogen-bond donors (Lipinski definition) is 1. The molecule has 0 fully saturated rings. The van der Waals surface area contributed by atoms with Gasteiger partial charge < -0.3 is 5.73 Å². The molecule has 0 aliphatic rings. The van der Waals surface area contributed by atoms with Crippen molar-refractivity contribution in [1.29, 1.82) is 0 Å². The Kier molecular flexibility index (Phi) is 2.35. The predicted molar refractivity (Wildman–Crippen MR) is 46.8 cm³/mol. The summed E-state index contributed by atoms with van der Waals surface area (Å²) in [6.07, 6.45) is 0. The van der Waals surface area contributed by atoms with E-state index in [-0.39, 0.29) is 22.1 Å². The summed E-state index contributed by atoms with van der Waals surface area (Å²) in [7, 11) is 0. The molecule has 1 rings (SSSR count). The minimum atomic E-state index is -0.0721. The molecule has 0 saturated carbocycles. The Bertz CT molecular complexity index is 340. The van der Waals surface area contributed by atoms with Crippen molar-refractivity contribution in [1.82, 2.24) is 0 Å². The van der Waals surface area contributed by atoms with Crippen LogP contribution >= 0.6 is 11.6 Å². The van der Waals surface area contributed by atoms with Gasteiger partial charge in [-0.1, -0.05) is 11.6 Å². The molecule has 0 saturated heterocycles. The van der Waals surface area contributed by atoms with E-state index in [4.69, 9.17) is 17.3 Å². The summed E-state index contributed by atoms with van der Waals surface area (Å²) in [6, 6.07) is 2.43. The standard InChI is InChI=1S/C6H4ClN3O2/c7-4-1-3(9-11)2-5(10-12)6(4)8/h1-2H,8H2. The van der Waals surface area contributed by atoms with Crippen molar-refractivity contribution in [2.75, 3.05) is 5.73 Å². The molecule has 0 bridgehead atoms. The fourth-order valence-electron chi connectivity index (χ4n) is 0.718. The lowest BCUT2D eigenvalue weighted by Crippen LogP contribution is -1.86. The summed E-state index contributed by atoms with van der Waals surface area (Å²) in [5.74, 6) is 0. The maximum Gasteiger partial charge on any atom is 0.134 e. The molecule has 0 aliphatic heterocycles. The summed E-state index contributed by atoms with van der Waals surface area (Å²) in [6.45, 7) is 0. The largest absolute Gasteiger partial charge is 0.396 e. The van der Waals surface area contributed by atoms with E-state index in [2.05, 4.69) is 10.4 Å². The van der Waals surface area contributed by atoms with Gasteiger partial charge in [0, 0.05) is 0 Å². The van der Waals surface area contributed by atoms with Crippen molar-refractivity contribution in [3.05, 3.63) is 27.0 Å². The van der Waals surface area contributed by atoms with Crippen LogP contribution in [0, 0.1) is 9.81 Å². The highest BCUT2D eigenvalue weighted by Gasteiger charge is 2.06. The summed E-state index contributed by atoms with van der Waals surface area (Å²) < 4.78 is 0. The van der Waals surface area contributed by atoms with Gasteiger partial charge in [-0.25, -0.2) is 0 Å². The molecule has 6 heteroatoms. The smallest absolute Gasteiger partial charge is 0.134 e. The molecular formula is C6H4ClN3O2. The van der Waals surface area contributed by atoms with E-state index in [1.54, 1.807) is 0 Å². The Balaban J connectivity index is 3.37. The first kappa shape index (κ1) is 8.61.